The Morgan fingerprint density at radius 3 is 3.23 bits per heavy atom. The maximum absolute atomic E-state index is 10.9. The average Bonchev–Trinajstić information content (AvgIpc) is 2.72. The van der Waals surface area contributed by atoms with Crippen molar-refractivity contribution in [2.45, 2.75) is 35.0 Å². The number of hydrogen-bond acceptors (Lipinski definition) is 5. The number of rotatable bonds is 1. The van der Waals surface area contributed by atoms with Gasteiger partial charge in [-0.2, -0.15) is 0 Å². The number of nitrogens with two attached hydrogens (primary N) is 1. The highest BCUT2D eigenvalue weighted by Gasteiger charge is 2.64. The van der Waals surface area contributed by atoms with E-state index in [1.54, 1.807) is 0 Å². The third-order valence-electron chi connectivity index (χ3n) is 3.22. The van der Waals surface area contributed by atoms with E-state index in [-0.39, 0.29) is 17.0 Å². The van der Waals surface area contributed by atoms with Gasteiger partial charge in [-0.3, -0.25) is 0 Å². The minimum Gasteiger partial charge on any atom is -0.426 e. The zero-order valence-corrected chi connectivity index (χ0v) is 7.88. The summed E-state index contributed by atoms with van der Waals surface area (Å²) in [7, 11) is 0. The van der Waals surface area contributed by atoms with Crippen molar-refractivity contribution in [3.63, 3.8) is 0 Å². The SMILES string of the molecule is NCC12CCC(S1)C1OC(=O)OC12. The van der Waals surface area contributed by atoms with E-state index in [1.807, 2.05) is 11.8 Å². The molecule has 0 aromatic carbocycles. The molecule has 0 spiro atoms. The van der Waals surface area contributed by atoms with Crippen LogP contribution in [0.25, 0.3) is 0 Å². The van der Waals surface area contributed by atoms with Crippen molar-refractivity contribution in [3.8, 4) is 0 Å². The molecule has 4 unspecified atom stereocenters. The van der Waals surface area contributed by atoms with Crippen LogP contribution >= 0.6 is 11.8 Å². The fourth-order valence-corrected chi connectivity index (χ4v) is 4.38. The van der Waals surface area contributed by atoms with Gasteiger partial charge in [0.05, 0.1) is 4.75 Å². The quantitative estimate of drug-likeness (QED) is 0.626. The molecule has 3 aliphatic heterocycles. The van der Waals surface area contributed by atoms with Gasteiger partial charge in [0, 0.05) is 11.8 Å². The first kappa shape index (κ1) is 7.94. The van der Waals surface area contributed by atoms with Gasteiger partial charge in [0.15, 0.2) is 12.2 Å². The molecule has 3 rings (SSSR count). The number of carbonyl (C=O) groups is 1. The Hall–Kier alpha value is -0.420. The molecule has 72 valence electrons. The van der Waals surface area contributed by atoms with E-state index in [9.17, 15) is 4.79 Å². The van der Waals surface area contributed by atoms with E-state index >= 15 is 0 Å². The summed E-state index contributed by atoms with van der Waals surface area (Å²) in [6.07, 6.45) is 1.51. The second-order valence-corrected chi connectivity index (χ2v) is 5.49. The highest BCUT2D eigenvalue weighted by atomic mass is 32.2. The molecule has 4 nitrogen and oxygen atoms in total. The Labute approximate surface area is 80.1 Å². The Balaban J connectivity index is 1.95. The minimum absolute atomic E-state index is 0.0326. The highest BCUT2D eigenvalue weighted by molar-refractivity contribution is 8.02. The van der Waals surface area contributed by atoms with E-state index in [0.717, 1.165) is 12.8 Å². The van der Waals surface area contributed by atoms with Crippen LogP contribution in [0.15, 0.2) is 0 Å². The van der Waals surface area contributed by atoms with Crippen LogP contribution in [0, 0.1) is 0 Å². The number of ether oxygens (including phenoxy) is 2. The Kier molecular flexibility index (Phi) is 1.42. The van der Waals surface area contributed by atoms with Crippen LogP contribution in [0.1, 0.15) is 12.8 Å². The number of hydrogen-bond donors (Lipinski definition) is 1. The highest BCUT2D eigenvalue weighted by Crippen LogP contribution is 2.57. The van der Waals surface area contributed by atoms with Crippen molar-refractivity contribution in [2.75, 3.05) is 6.54 Å². The molecule has 3 aliphatic rings. The molecule has 13 heavy (non-hydrogen) atoms. The summed E-state index contributed by atoms with van der Waals surface area (Å²) in [5.41, 5.74) is 5.74. The Morgan fingerprint density at radius 2 is 2.46 bits per heavy atom. The van der Waals surface area contributed by atoms with Gasteiger partial charge >= 0.3 is 6.16 Å². The Bertz CT molecular complexity index is 272. The molecule has 0 amide bonds. The van der Waals surface area contributed by atoms with Crippen molar-refractivity contribution >= 4 is 17.9 Å². The summed E-state index contributed by atoms with van der Waals surface area (Å²) in [4.78, 5) is 10.9. The lowest BCUT2D eigenvalue weighted by Crippen LogP contribution is -2.47. The standard InChI is InChI=1S/C8H11NO3S/c9-3-8-2-1-4(13-8)5-6(8)12-7(10)11-5/h4-6H,1-3,9H2. The first-order valence-corrected chi connectivity index (χ1v) is 5.38. The molecule has 5 heteroatoms. The second kappa shape index (κ2) is 2.33. The zero-order chi connectivity index (χ0) is 9.05. The smallest absolute Gasteiger partial charge is 0.426 e. The van der Waals surface area contributed by atoms with E-state index in [0.29, 0.717) is 11.8 Å². The van der Waals surface area contributed by atoms with Crippen molar-refractivity contribution in [1.82, 2.24) is 0 Å². The third-order valence-corrected chi connectivity index (χ3v) is 5.10. The maximum atomic E-state index is 10.9. The van der Waals surface area contributed by atoms with Crippen molar-refractivity contribution in [3.05, 3.63) is 0 Å². The van der Waals surface area contributed by atoms with Crippen LogP contribution in [0.5, 0.6) is 0 Å². The van der Waals surface area contributed by atoms with Crippen molar-refractivity contribution in [1.29, 1.82) is 0 Å². The van der Waals surface area contributed by atoms with Crippen LogP contribution in [0.3, 0.4) is 0 Å². The van der Waals surface area contributed by atoms with Gasteiger partial charge in [0.2, 0.25) is 0 Å². The maximum Gasteiger partial charge on any atom is 0.509 e. The normalized spacial score (nSPS) is 51.8. The second-order valence-electron chi connectivity index (χ2n) is 3.83. The minimum atomic E-state index is -0.514. The number of thioether (sulfide) groups is 1. The van der Waals surface area contributed by atoms with Crippen LogP contribution in [0.2, 0.25) is 0 Å². The third kappa shape index (κ3) is 0.840. The molecular weight excluding hydrogens is 190 g/mol. The monoisotopic (exact) mass is 201 g/mol. The predicted octanol–water partition coefficient (Wildman–Crippen LogP) is 0.497. The molecule has 2 N–H and O–H groups in total. The van der Waals surface area contributed by atoms with Crippen LogP contribution in [-0.4, -0.2) is 34.9 Å². The molecule has 0 aromatic heterocycles. The van der Waals surface area contributed by atoms with Gasteiger partial charge in [-0.1, -0.05) is 0 Å². The van der Waals surface area contributed by atoms with Gasteiger partial charge in [0.25, 0.3) is 0 Å². The van der Waals surface area contributed by atoms with E-state index in [1.165, 1.54) is 0 Å². The van der Waals surface area contributed by atoms with Gasteiger partial charge < -0.3 is 15.2 Å². The molecule has 0 aliphatic carbocycles. The molecular formula is C8H11NO3S. The van der Waals surface area contributed by atoms with Crippen molar-refractivity contribution in [2.24, 2.45) is 5.73 Å². The molecule has 2 bridgehead atoms. The predicted molar refractivity (Wildman–Crippen MR) is 47.5 cm³/mol. The molecule has 4 atom stereocenters. The molecule has 3 heterocycles. The van der Waals surface area contributed by atoms with E-state index in [4.69, 9.17) is 15.2 Å². The molecule has 0 saturated carbocycles. The Morgan fingerprint density at radius 1 is 1.62 bits per heavy atom. The fourth-order valence-electron chi connectivity index (χ4n) is 2.56. The summed E-state index contributed by atoms with van der Waals surface area (Å²) >= 11 is 1.85. The molecule has 3 saturated heterocycles. The lowest BCUT2D eigenvalue weighted by molar-refractivity contribution is 0.0994. The van der Waals surface area contributed by atoms with Gasteiger partial charge in [-0.25, -0.2) is 4.79 Å². The fraction of sp³-hybridized carbons (Fsp3) is 0.875. The van der Waals surface area contributed by atoms with Gasteiger partial charge in [-0.15, -0.1) is 11.8 Å². The molecule has 3 fully saturated rings. The molecule has 0 radical (unpaired) electrons. The van der Waals surface area contributed by atoms with E-state index in [2.05, 4.69) is 0 Å². The lowest BCUT2D eigenvalue weighted by Gasteiger charge is -2.29. The van der Waals surface area contributed by atoms with Crippen LogP contribution in [-0.2, 0) is 9.47 Å². The van der Waals surface area contributed by atoms with Gasteiger partial charge in [0.1, 0.15) is 0 Å². The first-order valence-electron chi connectivity index (χ1n) is 4.50. The average molecular weight is 201 g/mol. The lowest BCUT2D eigenvalue weighted by atomic mass is 9.84. The zero-order valence-electron chi connectivity index (χ0n) is 7.06. The molecule has 0 aromatic rings. The summed E-state index contributed by atoms with van der Waals surface area (Å²) in [6, 6.07) is 0. The van der Waals surface area contributed by atoms with E-state index < -0.39 is 6.16 Å². The van der Waals surface area contributed by atoms with Crippen molar-refractivity contribution < 1.29 is 14.3 Å². The summed E-state index contributed by atoms with van der Waals surface area (Å²) in [5, 5.41) is 0.417. The largest absolute Gasteiger partial charge is 0.509 e. The van der Waals surface area contributed by atoms with Crippen LogP contribution in [0.4, 0.5) is 4.79 Å². The topological polar surface area (TPSA) is 61.5 Å². The van der Waals surface area contributed by atoms with Gasteiger partial charge in [-0.05, 0) is 12.8 Å². The number of fused-ring (bicyclic) bond motifs is 5. The first-order chi connectivity index (χ1) is 6.25. The summed E-state index contributed by atoms with van der Waals surface area (Å²) in [5.74, 6) is 0. The summed E-state index contributed by atoms with van der Waals surface area (Å²) < 4.78 is 10.2. The number of carbonyl (C=O) groups excluding carboxylic acids is 1. The van der Waals surface area contributed by atoms with Crippen LogP contribution < -0.4 is 5.73 Å². The summed E-state index contributed by atoms with van der Waals surface area (Å²) in [6.45, 7) is 0.575.